The minimum absolute atomic E-state index is 0. The molecule has 0 spiro atoms. The maximum absolute atomic E-state index is 11.4. The number of piperidine rings is 1. The fourth-order valence-corrected chi connectivity index (χ4v) is 1.80. The fraction of sp³-hybridized carbons (Fsp3) is 0.900. The lowest BCUT2D eigenvalue weighted by Crippen LogP contribution is -2.52. The molecular formula is C10H22ClN3O. The van der Waals surface area contributed by atoms with Gasteiger partial charge >= 0.3 is 0 Å². The van der Waals surface area contributed by atoms with Gasteiger partial charge in [0.2, 0.25) is 5.91 Å². The van der Waals surface area contributed by atoms with E-state index in [1.165, 1.54) is 0 Å². The Morgan fingerprint density at radius 2 is 2.33 bits per heavy atom. The third-order valence-corrected chi connectivity index (χ3v) is 2.62. The molecule has 0 saturated carbocycles. The molecule has 1 fully saturated rings. The molecule has 1 aliphatic heterocycles. The van der Waals surface area contributed by atoms with Gasteiger partial charge < -0.3 is 16.4 Å². The lowest BCUT2D eigenvalue weighted by atomic mass is 9.99. The van der Waals surface area contributed by atoms with Crippen LogP contribution < -0.4 is 16.4 Å². The van der Waals surface area contributed by atoms with Crippen LogP contribution in [0.3, 0.4) is 0 Å². The van der Waals surface area contributed by atoms with Crippen LogP contribution in [0.15, 0.2) is 0 Å². The Labute approximate surface area is 97.8 Å². The molecule has 90 valence electrons. The van der Waals surface area contributed by atoms with Crippen molar-refractivity contribution in [2.45, 2.75) is 51.2 Å². The molecule has 1 aliphatic rings. The van der Waals surface area contributed by atoms with E-state index in [4.69, 9.17) is 5.73 Å². The highest BCUT2D eigenvalue weighted by molar-refractivity contribution is 5.85. The van der Waals surface area contributed by atoms with Crippen LogP contribution in [0.4, 0.5) is 0 Å². The number of amides is 1. The van der Waals surface area contributed by atoms with E-state index in [1.54, 1.807) is 0 Å². The first-order valence-electron chi connectivity index (χ1n) is 5.38. The summed E-state index contributed by atoms with van der Waals surface area (Å²) in [5, 5.41) is 6.36. The second-order valence-corrected chi connectivity index (χ2v) is 4.24. The predicted molar refractivity (Wildman–Crippen MR) is 64.1 cm³/mol. The number of nitrogens with one attached hydrogen (secondary N) is 2. The molecule has 0 aromatic rings. The van der Waals surface area contributed by atoms with Gasteiger partial charge in [-0.05, 0) is 33.2 Å². The first-order valence-corrected chi connectivity index (χ1v) is 5.38. The third kappa shape index (κ3) is 5.35. The molecule has 3 unspecified atom stereocenters. The monoisotopic (exact) mass is 235 g/mol. The summed E-state index contributed by atoms with van der Waals surface area (Å²) in [5.41, 5.74) is 5.56. The highest BCUT2D eigenvalue weighted by Crippen LogP contribution is 2.08. The topological polar surface area (TPSA) is 67.2 Å². The highest BCUT2D eigenvalue weighted by atomic mass is 35.5. The molecule has 0 aromatic carbocycles. The summed E-state index contributed by atoms with van der Waals surface area (Å²) in [5.74, 6) is 0.0700. The molecule has 15 heavy (non-hydrogen) atoms. The summed E-state index contributed by atoms with van der Waals surface area (Å²) in [6.45, 7) is 5.01. The molecule has 1 saturated heterocycles. The Hall–Kier alpha value is -0.320. The normalized spacial score (nSPS) is 27.7. The zero-order valence-corrected chi connectivity index (χ0v) is 10.3. The molecule has 1 heterocycles. The first kappa shape index (κ1) is 14.7. The van der Waals surface area contributed by atoms with Gasteiger partial charge in [0.1, 0.15) is 0 Å². The molecule has 4 nitrogen and oxygen atoms in total. The number of nitrogens with two attached hydrogens (primary N) is 1. The summed E-state index contributed by atoms with van der Waals surface area (Å²) in [4.78, 5) is 11.4. The summed E-state index contributed by atoms with van der Waals surface area (Å²) in [6.07, 6.45) is 2.62. The van der Waals surface area contributed by atoms with Gasteiger partial charge in [-0.15, -0.1) is 12.4 Å². The molecule has 0 bridgehead atoms. The predicted octanol–water partition coefficient (Wildman–Crippen LogP) is 0.402. The van der Waals surface area contributed by atoms with Gasteiger partial charge in [0.25, 0.3) is 0 Å². The van der Waals surface area contributed by atoms with Crippen LogP contribution in [0.1, 0.15) is 33.1 Å². The summed E-state index contributed by atoms with van der Waals surface area (Å²) < 4.78 is 0. The maximum atomic E-state index is 11.4. The summed E-state index contributed by atoms with van der Waals surface area (Å²) >= 11 is 0. The average molecular weight is 236 g/mol. The van der Waals surface area contributed by atoms with E-state index in [-0.39, 0.29) is 30.4 Å². The molecule has 0 aromatic heterocycles. The van der Waals surface area contributed by atoms with Crippen molar-refractivity contribution in [1.29, 1.82) is 0 Å². The van der Waals surface area contributed by atoms with Crippen LogP contribution in [-0.4, -0.2) is 30.6 Å². The molecule has 5 heteroatoms. The number of rotatable bonds is 3. The van der Waals surface area contributed by atoms with Gasteiger partial charge in [0.05, 0.1) is 0 Å². The van der Waals surface area contributed by atoms with Crippen molar-refractivity contribution in [2.75, 3.05) is 6.54 Å². The lowest BCUT2D eigenvalue weighted by Gasteiger charge is -2.30. The van der Waals surface area contributed by atoms with Crippen molar-refractivity contribution >= 4 is 18.3 Å². The van der Waals surface area contributed by atoms with E-state index in [2.05, 4.69) is 17.6 Å². The number of halogens is 1. The fourth-order valence-electron chi connectivity index (χ4n) is 1.80. The van der Waals surface area contributed by atoms with Crippen molar-refractivity contribution in [2.24, 2.45) is 5.73 Å². The van der Waals surface area contributed by atoms with E-state index >= 15 is 0 Å². The molecule has 4 N–H and O–H groups in total. The molecule has 1 rings (SSSR count). The SMILES string of the molecule is CC(N)CC(=O)NC1CCCNC1C.Cl. The van der Waals surface area contributed by atoms with Gasteiger partial charge in [-0.25, -0.2) is 0 Å². The van der Waals surface area contributed by atoms with Crippen LogP contribution in [0.25, 0.3) is 0 Å². The molecule has 0 aliphatic carbocycles. The number of hydrogen-bond donors (Lipinski definition) is 3. The Morgan fingerprint density at radius 1 is 1.67 bits per heavy atom. The Morgan fingerprint density at radius 3 is 2.87 bits per heavy atom. The minimum Gasteiger partial charge on any atom is -0.352 e. The largest absolute Gasteiger partial charge is 0.352 e. The van der Waals surface area contributed by atoms with Crippen molar-refractivity contribution in [3.8, 4) is 0 Å². The first-order chi connectivity index (χ1) is 6.59. The zero-order valence-electron chi connectivity index (χ0n) is 9.45. The van der Waals surface area contributed by atoms with Crippen molar-refractivity contribution in [3.63, 3.8) is 0 Å². The number of carbonyl (C=O) groups is 1. The van der Waals surface area contributed by atoms with Crippen LogP contribution in [0, 0.1) is 0 Å². The lowest BCUT2D eigenvalue weighted by molar-refractivity contribution is -0.122. The van der Waals surface area contributed by atoms with Crippen LogP contribution in [-0.2, 0) is 4.79 Å². The molecular weight excluding hydrogens is 214 g/mol. The van der Waals surface area contributed by atoms with Gasteiger partial charge in [-0.2, -0.15) is 0 Å². The van der Waals surface area contributed by atoms with Gasteiger partial charge in [-0.3, -0.25) is 4.79 Å². The zero-order chi connectivity index (χ0) is 10.6. The quantitative estimate of drug-likeness (QED) is 0.664. The highest BCUT2D eigenvalue weighted by Gasteiger charge is 2.22. The smallest absolute Gasteiger partial charge is 0.221 e. The summed E-state index contributed by atoms with van der Waals surface area (Å²) in [6, 6.07) is 0.595. The van der Waals surface area contributed by atoms with Crippen LogP contribution in [0.5, 0.6) is 0 Å². The maximum Gasteiger partial charge on any atom is 0.221 e. The third-order valence-electron chi connectivity index (χ3n) is 2.62. The number of hydrogen-bond acceptors (Lipinski definition) is 3. The van der Waals surface area contributed by atoms with Gasteiger partial charge in [0.15, 0.2) is 0 Å². The van der Waals surface area contributed by atoms with E-state index in [0.29, 0.717) is 12.5 Å². The Kier molecular flexibility index (Phi) is 6.89. The van der Waals surface area contributed by atoms with E-state index < -0.39 is 0 Å². The number of carbonyl (C=O) groups excluding carboxylic acids is 1. The Bertz CT molecular complexity index is 199. The van der Waals surface area contributed by atoms with Gasteiger partial charge in [0, 0.05) is 24.5 Å². The van der Waals surface area contributed by atoms with E-state index in [0.717, 1.165) is 19.4 Å². The standard InChI is InChI=1S/C10H21N3O.ClH/c1-7(11)6-10(14)13-9-4-3-5-12-8(9)2;/h7-9,12H,3-6,11H2,1-2H3,(H,13,14);1H. The van der Waals surface area contributed by atoms with Crippen molar-refractivity contribution in [1.82, 2.24) is 10.6 Å². The van der Waals surface area contributed by atoms with Crippen LogP contribution in [0.2, 0.25) is 0 Å². The summed E-state index contributed by atoms with van der Waals surface area (Å²) in [7, 11) is 0. The van der Waals surface area contributed by atoms with E-state index in [9.17, 15) is 4.79 Å². The minimum atomic E-state index is -0.0538. The molecule has 0 radical (unpaired) electrons. The second kappa shape index (κ2) is 7.04. The molecule has 1 amide bonds. The Balaban J connectivity index is 0.00000196. The van der Waals surface area contributed by atoms with Gasteiger partial charge in [-0.1, -0.05) is 0 Å². The second-order valence-electron chi connectivity index (χ2n) is 4.24. The average Bonchev–Trinajstić information content (AvgIpc) is 2.07. The van der Waals surface area contributed by atoms with Crippen LogP contribution >= 0.6 is 12.4 Å². The van der Waals surface area contributed by atoms with E-state index in [1.807, 2.05) is 6.92 Å². The molecule has 3 atom stereocenters. The van der Waals surface area contributed by atoms with Crippen molar-refractivity contribution < 1.29 is 4.79 Å². The van der Waals surface area contributed by atoms with Crippen molar-refractivity contribution in [3.05, 3.63) is 0 Å².